The number of halogens is 2. The second-order valence-corrected chi connectivity index (χ2v) is 7.66. The lowest BCUT2D eigenvalue weighted by Gasteiger charge is -2.29. The molecule has 1 amide bonds. The minimum absolute atomic E-state index is 0.0774. The van der Waals surface area contributed by atoms with E-state index in [4.69, 9.17) is 0 Å². The van der Waals surface area contributed by atoms with Gasteiger partial charge in [-0.25, -0.2) is 8.78 Å². The summed E-state index contributed by atoms with van der Waals surface area (Å²) in [5.41, 5.74) is 1.80. The Bertz CT molecular complexity index is 875. The first-order chi connectivity index (χ1) is 12.0. The molecule has 4 nitrogen and oxygen atoms in total. The van der Waals surface area contributed by atoms with Gasteiger partial charge in [-0.15, -0.1) is 0 Å². The lowest BCUT2D eigenvalue weighted by atomic mass is 9.83. The molecule has 2 aromatic rings. The van der Waals surface area contributed by atoms with Gasteiger partial charge in [0.25, 0.3) is 11.8 Å². The summed E-state index contributed by atoms with van der Waals surface area (Å²) in [6.45, 7) is 1.49. The van der Waals surface area contributed by atoms with Gasteiger partial charge in [-0.05, 0) is 25.3 Å². The predicted molar refractivity (Wildman–Crippen MR) is 91.0 cm³/mol. The van der Waals surface area contributed by atoms with Crippen LogP contribution in [0.15, 0.2) is 24.3 Å². The van der Waals surface area contributed by atoms with Gasteiger partial charge in [-0.3, -0.25) is 4.79 Å². The summed E-state index contributed by atoms with van der Waals surface area (Å²) in [5.74, 6) is -2.82. The number of nitrogens with one attached hydrogen (secondary N) is 1. The number of para-hydroxylation sites is 1. The molecule has 3 aliphatic rings. The Kier molecular flexibility index (Phi) is 3.08. The summed E-state index contributed by atoms with van der Waals surface area (Å²) < 4.78 is 30.9. The number of aryl methyl sites for hydroxylation is 1. The van der Waals surface area contributed by atoms with Crippen LogP contribution in [0.25, 0.3) is 10.9 Å². The van der Waals surface area contributed by atoms with Gasteiger partial charge in [0.1, 0.15) is 0 Å². The quantitative estimate of drug-likeness (QED) is 0.863. The number of carbonyl (C=O) groups excluding carboxylic acids is 1. The molecule has 25 heavy (non-hydrogen) atoms. The van der Waals surface area contributed by atoms with E-state index in [1.165, 1.54) is 0 Å². The summed E-state index contributed by atoms with van der Waals surface area (Å²) >= 11 is 0. The number of rotatable bonds is 1. The molecule has 0 saturated carbocycles. The highest BCUT2D eigenvalue weighted by Gasteiger charge is 2.60. The fourth-order valence-corrected chi connectivity index (χ4v) is 4.94. The molecule has 3 aliphatic heterocycles. The van der Waals surface area contributed by atoms with Crippen molar-refractivity contribution in [3.05, 3.63) is 35.5 Å². The van der Waals surface area contributed by atoms with E-state index in [1.807, 2.05) is 24.3 Å². The van der Waals surface area contributed by atoms with Crippen LogP contribution in [0.5, 0.6) is 0 Å². The van der Waals surface area contributed by atoms with Crippen LogP contribution in [0.1, 0.15) is 28.9 Å². The maximum Gasteiger partial charge on any atom is 0.268 e. The molecule has 5 rings (SSSR count). The number of fused-ring (bicyclic) bond motifs is 3. The maximum absolute atomic E-state index is 14.4. The third-order valence-electron chi connectivity index (χ3n) is 6.32. The van der Waals surface area contributed by atoms with Crippen LogP contribution in [0, 0.1) is 5.41 Å². The molecular weight excluding hydrogens is 324 g/mol. The van der Waals surface area contributed by atoms with Gasteiger partial charge in [-0.1, -0.05) is 18.2 Å². The topological polar surface area (TPSA) is 37.3 Å². The summed E-state index contributed by atoms with van der Waals surface area (Å²) in [6, 6.07) is 7.94. The zero-order valence-electron chi connectivity index (χ0n) is 14.0. The Hall–Kier alpha value is -1.95. The largest absolute Gasteiger partial charge is 0.344 e. The number of hydrogen-bond acceptors (Lipinski definition) is 2. The Morgan fingerprint density at radius 2 is 2.00 bits per heavy atom. The number of alkyl halides is 2. The molecule has 0 radical (unpaired) electrons. The van der Waals surface area contributed by atoms with Crippen LogP contribution >= 0.6 is 0 Å². The van der Waals surface area contributed by atoms with Crippen LogP contribution in [0.2, 0.25) is 0 Å². The molecule has 4 heterocycles. The highest BCUT2D eigenvalue weighted by Crippen LogP contribution is 2.47. The molecule has 2 saturated heterocycles. The maximum atomic E-state index is 14.4. The van der Waals surface area contributed by atoms with E-state index in [9.17, 15) is 13.6 Å². The predicted octanol–water partition coefficient (Wildman–Crippen LogP) is 2.66. The molecular formula is C19H21F2N3O. The van der Waals surface area contributed by atoms with E-state index < -0.39 is 11.3 Å². The zero-order chi connectivity index (χ0) is 17.2. The normalized spacial score (nSPS) is 27.5. The Balaban J connectivity index is 1.53. The third kappa shape index (κ3) is 1.97. The smallest absolute Gasteiger partial charge is 0.268 e. The summed E-state index contributed by atoms with van der Waals surface area (Å²) in [5, 5.41) is 3.78. The van der Waals surface area contributed by atoms with Gasteiger partial charge >= 0.3 is 0 Å². The Labute approximate surface area is 144 Å². The molecule has 1 unspecified atom stereocenters. The first kappa shape index (κ1) is 15.3. The lowest BCUT2D eigenvalue weighted by molar-refractivity contribution is -0.0761. The number of likely N-dealkylation sites (tertiary alicyclic amines) is 1. The third-order valence-corrected chi connectivity index (χ3v) is 6.32. The van der Waals surface area contributed by atoms with Gasteiger partial charge in [-0.2, -0.15) is 0 Å². The van der Waals surface area contributed by atoms with Crippen LogP contribution in [-0.2, 0) is 13.0 Å². The fourth-order valence-electron chi connectivity index (χ4n) is 4.94. The molecule has 132 valence electrons. The van der Waals surface area contributed by atoms with E-state index in [0.29, 0.717) is 19.5 Å². The molecule has 1 spiro atoms. The minimum atomic E-state index is -2.74. The summed E-state index contributed by atoms with van der Waals surface area (Å²) in [4.78, 5) is 14.9. The Morgan fingerprint density at radius 1 is 1.16 bits per heavy atom. The average Bonchev–Trinajstić information content (AvgIpc) is 3.33. The van der Waals surface area contributed by atoms with Crippen molar-refractivity contribution >= 4 is 16.8 Å². The number of benzene rings is 1. The van der Waals surface area contributed by atoms with Gasteiger partial charge in [0.2, 0.25) is 0 Å². The monoisotopic (exact) mass is 345 g/mol. The van der Waals surface area contributed by atoms with Crippen molar-refractivity contribution in [2.24, 2.45) is 5.41 Å². The van der Waals surface area contributed by atoms with Gasteiger partial charge in [0.15, 0.2) is 0 Å². The fraction of sp³-hybridized carbons (Fsp3) is 0.526. The number of amides is 1. The van der Waals surface area contributed by atoms with E-state index in [1.54, 1.807) is 4.90 Å². The highest BCUT2D eigenvalue weighted by molar-refractivity contribution is 6.08. The summed E-state index contributed by atoms with van der Waals surface area (Å²) in [6.07, 6.45) is 2.28. The van der Waals surface area contributed by atoms with Crippen molar-refractivity contribution in [2.45, 2.75) is 31.7 Å². The molecule has 0 aliphatic carbocycles. The molecule has 1 aromatic heterocycles. The van der Waals surface area contributed by atoms with Crippen LogP contribution in [0.3, 0.4) is 0 Å². The van der Waals surface area contributed by atoms with Crippen molar-refractivity contribution in [1.82, 2.24) is 14.8 Å². The van der Waals surface area contributed by atoms with Crippen LogP contribution in [-0.4, -0.2) is 47.5 Å². The van der Waals surface area contributed by atoms with E-state index in [2.05, 4.69) is 9.88 Å². The van der Waals surface area contributed by atoms with Crippen molar-refractivity contribution in [1.29, 1.82) is 0 Å². The number of carbonyl (C=O) groups is 1. The summed E-state index contributed by atoms with van der Waals surface area (Å²) in [7, 11) is 0. The SMILES string of the molecule is O=C(c1c2n(c3ccccc13)CCC2)N1CCC2(CNCC2(F)F)C1. The van der Waals surface area contributed by atoms with Crippen molar-refractivity contribution in [3.63, 3.8) is 0 Å². The second kappa shape index (κ2) is 5.04. The molecule has 1 aromatic carbocycles. The lowest BCUT2D eigenvalue weighted by Crippen LogP contribution is -2.43. The van der Waals surface area contributed by atoms with Gasteiger partial charge in [0.05, 0.1) is 17.5 Å². The minimum Gasteiger partial charge on any atom is -0.344 e. The van der Waals surface area contributed by atoms with E-state index >= 15 is 0 Å². The average molecular weight is 345 g/mol. The van der Waals surface area contributed by atoms with Crippen molar-refractivity contribution < 1.29 is 13.6 Å². The zero-order valence-corrected chi connectivity index (χ0v) is 14.0. The van der Waals surface area contributed by atoms with Crippen LogP contribution < -0.4 is 5.32 Å². The first-order valence-electron chi connectivity index (χ1n) is 9.00. The van der Waals surface area contributed by atoms with Crippen LogP contribution in [0.4, 0.5) is 8.78 Å². The van der Waals surface area contributed by atoms with Crippen molar-refractivity contribution in [3.8, 4) is 0 Å². The number of nitrogens with zero attached hydrogens (tertiary/aromatic N) is 2. The molecule has 1 atom stereocenters. The first-order valence-corrected chi connectivity index (χ1v) is 9.00. The standard InChI is InChI=1S/C19H21F2N3O/c20-19(21)11-22-10-18(19)7-9-23(12-18)17(25)16-13-4-1-2-5-14(13)24-8-3-6-15(16)24/h1-2,4-5,22H,3,6-12H2. The Morgan fingerprint density at radius 3 is 2.80 bits per heavy atom. The second-order valence-electron chi connectivity index (χ2n) is 7.66. The molecule has 6 heteroatoms. The number of aromatic nitrogens is 1. The number of hydrogen-bond donors (Lipinski definition) is 1. The van der Waals surface area contributed by atoms with Gasteiger partial charge < -0.3 is 14.8 Å². The van der Waals surface area contributed by atoms with Crippen molar-refractivity contribution in [2.75, 3.05) is 26.2 Å². The highest BCUT2D eigenvalue weighted by atomic mass is 19.3. The molecule has 0 bridgehead atoms. The van der Waals surface area contributed by atoms with E-state index in [0.717, 1.165) is 41.5 Å². The molecule has 1 N–H and O–H groups in total. The van der Waals surface area contributed by atoms with Gasteiger partial charge in [0, 0.05) is 42.8 Å². The van der Waals surface area contributed by atoms with E-state index in [-0.39, 0.29) is 19.0 Å². The molecule has 2 fully saturated rings.